The summed E-state index contributed by atoms with van der Waals surface area (Å²) in [6.07, 6.45) is 0.864. The smallest absolute Gasteiger partial charge is 0.269 e. The molecule has 29 heavy (non-hydrogen) atoms. The molecule has 0 aliphatic rings. The molecule has 3 rings (SSSR count). The number of benzene rings is 2. The standard InChI is InChI=1S/C21H20ClN3O2S2/c1-3-12(2)23-19(26)13-8-10-14(11-9-13)24-21(28)25-20(27)18-17(22)15-6-4-5-7-16(15)29-18/h4-12H,3H2,1-2H3,(H,23,26)(H2,24,25,27,28). The van der Waals surface area contributed by atoms with Crippen LogP contribution in [0.5, 0.6) is 0 Å². The number of thiocarbonyl (C=S) groups is 1. The molecule has 8 heteroatoms. The van der Waals surface area contributed by atoms with E-state index in [1.807, 2.05) is 38.1 Å². The van der Waals surface area contributed by atoms with Gasteiger partial charge >= 0.3 is 0 Å². The Bertz CT molecular complexity index is 1060. The van der Waals surface area contributed by atoms with Crippen LogP contribution in [-0.4, -0.2) is 23.0 Å². The summed E-state index contributed by atoms with van der Waals surface area (Å²) in [5.74, 6) is -0.487. The number of halogens is 1. The summed E-state index contributed by atoms with van der Waals surface area (Å²) in [4.78, 5) is 25.1. The molecule has 0 aliphatic carbocycles. The number of fused-ring (bicyclic) bond motifs is 1. The zero-order chi connectivity index (χ0) is 21.0. The van der Waals surface area contributed by atoms with E-state index in [-0.39, 0.29) is 23.0 Å². The van der Waals surface area contributed by atoms with Crippen molar-refractivity contribution in [2.45, 2.75) is 26.3 Å². The van der Waals surface area contributed by atoms with Crippen LogP contribution in [0.25, 0.3) is 10.1 Å². The lowest BCUT2D eigenvalue weighted by Gasteiger charge is -2.12. The fourth-order valence-corrected chi connectivity index (χ4v) is 4.22. The molecule has 0 fully saturated rings. The van der Waals surface area contributed by atoms with Gasteiger partial charge in [-0.25, -0.2) is 0 Å². The Balaban J connectivity index is 1.62. The van der Waals surface area contributed by atoms with Crippen LogP contribution >= 0.6 is 35.2 Å². The summed E-state index contributed by atoms with van der Waals surface area (Å²) in [6, 6.07) is 14.5. The minimum Gasteiger partial charge on any atom is -0.350 e. The maximum Gasteiger partial charge on any atom is 0.269 e. The first-order valence-corrected chi connectivity index (χ1v) is 10.7. The first kappa shape index (κ1) is 21.2. The molecule has 0 saturated carbocycles. The Morgan fingerprint density at radius 3 is 2.45 bits per heavy atom. The third-order valence-electron chi connectivity index (χ3n) is 4.36. The molecule has 0 bridgehead atoms. The Kier molecular flexibility index (Phi) is 6.84. The number of nitrogens with one attached hydrogen (secondary N) is 3. The van der Waals surface area contributed by atoms with E-state index in [1.165, 1.54) is 11.3 Å². The fraction of sp³-hybridized carbons (Fsp3) is 0.190. The quantitative estimate of drug-likeness (QED) is 0.471. The first-order valence-electron chi connectivity index (χ1n) is 9.09. The summed E-state index contributed by atoms with van der Waals surface area (Å²) in [7, 11) is 0. The molecule has 0 aliphatic heterocycles. The number of hydrogen-bond acceptors (Lipinski definition) is 4. The van der Waals surface area contributed by atoms with Crippen molar-refractivity contribution in [1.82, 2.24) is 10.6 Å². The number of carbonyl (C=O) groups is 2. The maximum atomic E-state index is 12.5. The van der Waals surface area contributed by atoms with E-state index < -0.39 is 0 Å². The zero-order valence-corrected chi connectivity index (χ0v) is 18.3. The van der Waals surface area contributed by atoms with Crippen molar-refractivity contribution in [3.63, 3.8) is 0 Å². The van der Waals surface area contributed by atoms with Gasteiger partial charge in [-0.3, -0.25) is 14.9 Å². The first-order chi connectivity index (χ1) is 13.9. The molecule has 1 aromatic heterocycles. The average Bonchev–Trinajstić information content (AvgIpc) is 3.05. The molecule has 0 radical (unpaired) electrons. The summed E-state index contributed by atoms with van der Waals surface area (Å²) in [5.41, 5.74) is 1.22. The van der Waals surface area contributed by atoms with Gasteiger partial charge in [0.15, 0.2) is 5.11 Å². The van der Waals surface area contributed by atoms with E-state index in [1.54, 1.807) is 24.3 Å². The van der Waals surface area contributed by atoms with Crippen LogP contribution in [0.15, 0.2) is 48.5 Å². The van der Waals surface area contributed by atoms with E-state index >= 15 is 0 Å². The molecule has 150 valence electrons. The van der Waals surface area contributed by atoms with Crippen LogP contribution < -0.4 is 16.0 Å². The Morgan fingerprint density at radius 2 is 1.79 bits per heavy atom. The second-order valence-electron chi connectivity index (χ2n) is 6.51. The van der Waals surface area contributed by atoms with Crippen molar-refractivity contribution in [3.05, 3.63) is 64.0 Å². The van der Waals surface area contributed by atoms with Gasteiger partial charge in [0.25, 0.3) is 11.8 Å². The topological polar surface area (TPSA) is 70.2 Å². The van der Waals surface area contributed by atoms with Gasteiger partial charge in [0, 0.05) is 27.4 Å². The van der Waals surface area contributed by atoms with E-state index in [0.717, 1.165) is 16.5 Å². The highest BCUT2D eigenvalue weighted by atomic mass is 35.5. The van der Waals surface area contributed by atoms with E-state index in [4.69, 9.17) is 23.8 Å². The van der Waals surface area contributed by atoms with Crippen molar-refractivity contribution in [3.8, 4) is 0 Å². The summed E-state index contributed by atoms with van der Waals surface area (Å²) in [5, 5.41) is 9.92. The summed E-state index contributed by atoms with van der Waals surface area (Å²) < 4.78 is 0.938. The molecule has 1 heterocycles. The molecule has 3 N–H and O–H groups in total. The molecular weight excluding hydrogens is 426 g/mol. The molecule has 1 atom stereocenters. The lowest BCUT2D eigenvalue weighted by atomic mass is 10.1. The second kappa shape index (κ2) is 9.35. The third-order valence-corrected chi connectivity index (χ3v) is 6.24. The van der Waals surface area contributed by atoms with Crippen LogP contribution in [-0.2, 0) is 0 Å². The zero-order valence-electron chi connectivity index (χ0n) is 15.9. The number of amides is 2. The van der Waals surface area contributed by atoms with Gasteiger partial charge < -0.3 is 10.6 Å². The lowest BCUT2D eigenvalue weighted by molar-refractivity contribution is 0.0937. The predicted octanol–water partition coefficient (Wildman–Crippen LogP) is 5.21. The Morgan fingerprint density at radius 1 is 1.10 bits per heavy atom. The van der Waals surface area contributed by atoms with Crippen molar-refractivity contribution in [2.75, 3.05) is 5.32 Å². The number of anilines is 1. The van der Waals surface area contributed by atoms with Gasteiger partial charge in [-0.2, -0.15) is 0 Å². The van der Waals surface area contributed by atoms with Crippen LogP contribution in [0.4, 0.5) is 5.69 Å². The number of hydrogen-bond donors (Lipinski definition) is 3. The van der Waals surface area contributed by atoms with Gasteiger partial charge in [0.1, 0.15) is 4.88 Å². The van der Waals surface area contributed by atoms with Gasteiger partial charge in [0.2, 0.25) is 0 Å². The highest BCUT2D eigenvalue weighted by Gasteiger charge is 2.18. The Labute approximate surface area is 183 Å². The third kappa shape index (κ3) is 5.12. The molecule has 3 aromatic rings. The largest absolute Gasteiger partial charge is 0.350 e. The highest BCUT2D eigenvalue weighted by molar-refractivity contribution is 7.80. The second-order valence-corrected chi connectivity index (χ2v) is 8.35. The Hall–Kier alpha value is -2.48. The van der Waals surface area contributed by atoms with Crippen molar-refractivity contribution >= 4 is 67.9 Å². The fourth-order valence-electron chi connectivity index (χ4n) is 2.60. The van der Waals surface area contributed by atoms with E-state index in [0.29, 0.717) is 21.2 Å². The lowest BCUT2D eigenvalue weighted by Crippen LogP contribution is -2.34. The molecule has 0 saturated heterocycles. The molecule has 0 spiro atoms. The van der Waals surface area contributed by atoms with Crippen LogP contribution in [0.3, 0.4) is 0 Å². The molecule has 2 aromatic carbocycles. The van der Waals surface area contributed by atoms with Gasteiger partial charge in [0.05, 0.1) is 5.02 Å². The average molecular weight is 446 g/mol. The number of carbonyl (C=O) groups excluding carboxylic acids is 2. The maximum absolute atomic E-state index is 12.5. The van der Waals surface area contributed by atoms with Crippen LogP contribution in [0.2, 0.25) is 5.02 Å². The van der Waals surface area contributed by atoms with E-state index in [2.05, 4.69) is 16.0 Å². The van der Waals surface area contributed by atoms with Crippen molar-refractivity contribution < 1.29 is 9.59 Å². The molecular formula is C21H20ClN3O2S2. The highest BCUT2D eigenvalue weighted by Crippen LogP contribution is 2.34. The summed E-state index contributed by atoms with van der Waals surface area (Å²) >= 11 is 12.9. The van der Waals surface area contributed by atoms with Crippen LogP contribution in [0.1, 0.15) is 40.3 Å². The van der Waals surface area contributed by atoms with Gasteiger partial charge in [-0.1, -0.05) is 36.7 Å². The number of thiophene rings is 1. The normalized spacial score (nSPS) is 11.7. The van der Waals surface area contributed by atoms with Gasteiger partial charge in [-0.05, 0) is 55.9 Å². The minimum atomic E-state index is -0.363. The summed E-state index contributed by atoms with van der Waals surface area (Å²) in [6.45, 7) is 3.97. The SMILES string of the molecule is CCC(C)NC(=O)c1ccc(NC(=S)NC(=O)c2sc3ccccc3c2Cl)cc1. The van der Waals surface area contributed by atoms with Gasteiger partial charge in [-0.15, -0.1) is 11.3 Å². The monoisotopic (exact) mass is 445 g/mol. The molecule has 1 unspecified atom stereocenters. The van der Waals surface area contributed by atoms with Crippen molar-refractivity contribution in [1.29, 1.82) is 0 Å². The predicted molar refractivity (Wildman–Crippen MR) is 124 cm³/mol. The van der Waals surface area contributed by atoms with Crippen molar-refractivity contribution in [2.24, 2.45) is 0 Å². The minimum absolute atomic E-state index is 0.115. The van der Waals surface area contributed by atoms with Crippen LogP contribution in [0, 0.1) is 0 Å². The van der Waals surface area contributed by atoms with E-state index in [9.17, 15) is 9.59 Å². The number of rotatable bonds is 5. The molecule has 2 amide bonds. The molecule has 5 nitrogen and oxygen atoms in total.